The Hall–Kier alpha value is -1.68. The van der Waals surface area contributed by atoms with Gasteiger partial charge in [-0.05, 0) is 50.4 Å². The minimum absolute atomic E-state index is 0.000866. The van der Waals surface area contributed by atoms with Gasteiger partial charge in [-0.25, -0.2) is 4.98 Å². The number of rotatable bonds is 3. The SMILES string of the molecule is Cn1c(C2CC2)nc2cc(C(=O)C3CCCN3)ccc21. The van der Waals surface area contributed by atoms with Crippen LogP contribution in [0.4, 0.5) is 0 Å². The second-order valence-corrected chi connectivity index (χ2v) is 6.02. The third-order valence-corrected chi connectivity index (χ3v) is 4.52. The molecule has 0 bridgehead atoms. The van der Waals surface area contributed by atoms with E-state index < -0.39 is 0 Å². The Morgan fingerprint density at radius 1 is 1.35 bits per heavy atom. The van der Waals surface area contributed by atoms with Gasteiger partial charge in [0.05, 0.1) is 17.1 Å². The highest BCUT2D eigenvalue weighted by Gasteiger charge is 2.29. The lowest BCUT2D eigenvalue weighted by molar-refractivity contribution is 0.0952. The largest absolute Gasteiger partial charge is 0.331 e. The maximum Gasteiger partial charge on any atom is 0.179 e. The topological polar surface area (TPSA) is 46.9 Å². The summed E-state index contributed by atoms with van der Waals surface area (Å²) >= 11 is 0. The Balaban J connectivity index is 1.72. The molecule has 1 unspecified atom stereocenters. The number of hydrogen-bond donors (Lipinski definition) is 1. The molecule has 1 aliphatic heterocycles. The number of fused-ring (bicyclic) bond motifs is 1. The fourth-order valence-electron chi connectivity index (χ4n) is 3.19. The molecule has 2 fully saturated rings. The Labute approximate surface area is 118 Å². The van der Waals surface area contributed by atoms with Crippen LogP contribution in [0, 0.1) is 0 Å². The number of ketones is 1. The minimum Gasteiger partial charge on any atom is -0.331 e. The molecule has 2 aromatic rings. The van der Waals surface area contributed by atoms with Gasteiger partial charge in [-0.2, -0.15) is 0 Å². The van der Waals surface area contributed by atoms with Crippen LogP contribution in [0.25, 0.3) is 11.0 Å². The van der Waals surface area contributed by atoms with Crippen molar-refractivity contribution in [2.75, 3.05) is 6.54 Å². The molecule has 104 valence electrons. The zero-order valence-corrected chi connectivity index (χ0v) is 11.7. The number of carbonyl (C=O) groups is 1. The summed E-state index contributed by atoms with van der Waals surface area (Å²) in [6.07, 6.45) is 4.53. The van der Waals surface area contributed by atoms with Crippen molar-refractivity contribution in [1.29, 1.82) is 0 Å². The first-order valence-corrected chi connectivity index (χ1v) is 7.48. The lowest BCUT2D eigenvalue weighted by atomic mass is 10.0. The van der Waals surface area contributed by atoms with E-state index in [2.05, 4.69) is 16.9 Å². The molecule has 1 aliphatic carbocycles. The maximum absolute atomic E-state index is 12.4. The number of aryl methyl sites for hydroxylation is 1. The molecule has 1 aromatic carbocycles. The van der Waals surface area contributed by atoms with E-state index in [0.717, 1.165) is 36.0 Å². The predicted molar refractivity (Wildman–Crippen MR) is 78.0 cm³/mol. The minimum atomic E-state index is -0.000866. The van der Waals surface area contributed by atoms with E-state index in [0.29, 0.717) is 5.92 Å². The normalized spacial score (nSPS) is 22.6. The van der Waals surface area contributed by atoms with Crippen molar-refractivity contribution in [3.05, 3.63) is 29.6 Å². The molecule has 4 heteroatoms. The summed E-state index contributed by atoms with van der Waals surface area (Å²) < 4.78 is 2.18. The van der Waals surface area contributed by atoms with Crippen molar-refractivity contribution >= 4 is 16.8 Å². The molecule has 20 heavy (non-hydrogen) atoms. The Bertz CT molecular complexity index is 678. The van der Waals surface area contributed by atoms with Crippen LogP contribution in [0.2, 0.25) is 0 Å². The average molecular weight is 269 g/mol. The van der Waals surface area contributed by atoms with Crippen molar-refractivity contribution < 1.29 is 4.79 Å². The van der Waals surface area contributed by atoms with E-state index in [1.165, 1.54) is 18.7 Å². The standard InChI is InChI=1S/C16H19N3O/c1-19-14-7-6-11(15(20)12-3-2-8-17-12)9-13(14)18-16(19)10-4-5-10/h6-7,9-10,12,17H,2-5,8H2,1H3. The van der Waals surface area contributed by atoms with Gasteiger partial charge in [-0.3, -0.25) is 4.79 Å². The van der Waals surface area contributed by atoms with E-state index in [1.54, 1.807) is 0 Å². The zero-order chi connectivity index (χ0) is 13.7. The number of aromatic nitrogens is 2. The van der Waals surface area contributed by atoms with Crippen LogP contribution >= 0.6 is 0 Å². The molecule has 0 spiro atoms. The first kappa shape index (κ1) is 12.1. The number of imidazole rings is 1. The van der Waals surface area contributed by atoms with Crippen LogP contribution in [0.5, 0.6) is 0 Å². The van der Waals surface area contributed by atoms with Crippen molar-refractivity contribution in [2.24, 2.45) is 7.05 Å². The van der Waals surface area contributed by atoms with E-state index in [4.69, 9.17) is 4.98 Å². The van der Waals surface area contributed by atoms with Crippen molar-refractivity contribution in [3.63, 3.8) is 0 Å². The maximum atomic E-state index is 12.4. The Morgan fingerprint density at radius 2 is 2.20 bits per heavy atom. The highest BCUT2D eigenvalue weighted by Crippen LogP contribution is 2.40. The molecular weight excluding hydrogens is 250 g/mol. The monoisotopic (exact) mass is 269 g/mol. The summed E-state index contributed by atoms with van der Waals surface area (Å²) in [5, 5.41) is 3.27. The van der Waals surface area contributed by atoms with Gasteiger partial charge in [-0.15, -0.1) is 0 Å². The molecule has 4 nitrogen and oxygen atoms in total. The first-order valence-electron chi connectivity index (χ1n) is 7.48. The summed E-state index contributed by atoms with van der Waals surface area (Å²) in [6.45, 7) is 0.952. The fourth-order valence-corrected chi connectivity index (χ4v) is 3.19. The number of nitrogens with one attached hydrogen (secondary N) is 1. The van der Waals surface area contributed by atoms with E-state index in [-0.39, 0.29) is 11.8 Å². The molecular formula is C16H19N3O. The summed E-state index contributed by atoms with van der Waals surface area (Å²) in [5.74, 6) is 2.01. The van der Waals surface area contributed by atoms with E-state index in [1.807, 2.05) is 18.2 Å². The van der Waals surface area contributed by atoms with Crippen LogP contribution in [-0.2, 0) is 7.05 Å². The van der Waals surface area contributed by atoms with Gasteiger partial charge < -0.3 is 9.88 Å². The van der Waals surface area contributed by atoms with Gasteiger partial charge in [0.2, 0.25) is 0 Å². The van der Waals surface area contributed by atoms with Gasteiger partial charge in [0.1, 0.15) is 5.82 Å². The lowest BCUT2D eigenvalue weighted by Crippen LogP contribution is -2.30. The smallest absolute Gasteiger partial charge is 0.179 e. The quantitative estimate of drug-likeness (QED) is 0.870. The molecule has 1 saturated heterocycles. The second-order valence-electron chi connectivity index (χ2n) is 6.02. The zero-order valence-electron chi connectivity index (χ0n) is 11.7. The third kappa shape index (κ3) is 1.86. The molecule has 2 aliphatic rings. The number of benzene rings is 1. The molecule has 1 N–H and O–H groups in total. The molecule has 1 atom stereocenters. The summed E-state index contributed by atoms with van der Waals surface area (Å²) in [7, 11) is 2.07. The van der Waals surface area contributed by atoms with Gasteiger partial charge in [0.15, 0.2) is 5.78 Å². The number of nitrogens with zero attached hydrogens (tertiary/aromatic N) is 2. The van der Waals surface area contributed by atoms with E-state index in [9.17, 15) is 4.79 Å². The van der Waals surface area contributed by atoms with Crippen LogP contribution < -0.4 is 5.32 Å². The molecule has 0 amide bonds. The van der Waals surface area contributed by atoms with Gasteiger partial charge in [0.25, 0.3) is 0 Å². The third-order valence-electron chi connectivity index (χ3n) is 4.52. The number of carbonyl (C=O) groups excluding carboxylic acids is 1. The van der Waals surface area contributed by atoms with Crippen molar-refractivity contribution in [2.45, 2.75) is 37.6 Å². The summed E-state index contributed by atoms with van der Waals surface area (Å²) in [4.78, 5) is 17.2. The van der Waals surface area contributed by atoms with Crippen molar-refractivity contribution in [1.82, 2.24) is 14.9 Å². The van der Waals surface area contributed by atoms with Crippen LogP contribution in [0.3, 0.4) is 0 Å². The average Bonchev–Trinajstić information content (AvgIpc) is 3.05. The molecule has 1 saturated carbocycles. The second kappa shape index (κ2) is 4.42. The molecule has 2 heterocycles. The number of Topliss-reactive ketones (excluding diaryl/α,β-unsaturated/α-hetero) is 1. The molecule has 4 rings (SSSR count). The predicted octanol–water partition coefficient (Wildman–Crippen LogP) is 2.39. The highest BCUT2D eigenvalue weighted by molar-refractivity contribution is 6.02. The molecule has 1 aromatic heterocycles. The van der Waals surface area contributed by atoms with Gasteiger partial charge >= 0.3 is 0 Å². The number of hydrogen-bond acceptors (Lipinski definition) is 3. The highest BCUT2D eigenvalue weighted by atomic mass is 16.1. The lowest BCUT2D eigenvalue weighted by Gasteiger charge is -2.08. The van der Waals surface area contributed by atoms with E-state index >= 15 is 0 Å². The Morgan fingerprint density at radius 3 is 2.90 bits per heavy atom. The molecule has 0 radical (unpaired) electrons. The summed E-state index contributed by atoms with van der Waals surface area (Å²) in [6, 6.07) is 5.95. The van der Waals surface area contributed by atoms with Crippen LogP contribution in [-0.4, -0.2) is 27.9 Å². The Kier molecular flexibility index (Phi) is 2.67. The fraction of sp³-hybridized carbons (Fsp3) is 0.500. The van der Waals surface area contributed by atoms with Gasteiger partial charge in [-0.1, -0.05) is 0 Å². The first-order chi connectivity index (χ1) is 9.74. The van der Waals surface area contributed by atoms with Gasteiger partial charge in [0, 0.05) is 18.5 Å². The van der Waals surface area contributed by atoms with Crippen LogP contribution in [0.1, 0.15) is 47.8 Å². The van der Waals surface area contributed by atoms with Crippen LogP contribution in [0.15, 0.2) is 18.2 Å². The van der Waals surface area contributed by atoms with Crippen molar-refractivity contribution in [3.8, 4) is 0 Å². The summed E-state index contributed by atoms with van der Waals surface area (Å²) in [5.41, 5.74) is 2.87.